The number of carboxylic acid groups (broad SMARTS) is 2. The number of fused-ring (bicyclic) bond motifs is 2. The minimum absolute atomic E-state index is 0.00645. The first kappa shape index (κ1) is 38.0. The lowest BCUT2D eigenvalue weighted by Gasteiger charge is -2.38. The maximum absolute atomic E-state index is 15.6. The monoisotopic (exact) mass is 801 g/mol. The molecule has 0 unspecified atom stereocenters. The Hall–Kier alpha value is -4.87. The summed E-state index contributed by atoms with van der Waals surface area (Å²) < 4.78 is 62.5. The molecule has 13 nitrogen and oxygen atoms in total. The first-order chi connectivity index (χ1) is 26.4. The van der Waals surface area contributed by atoms with Gasteiger partial charge in [-0.05, 0) is 45.6 Å². The van der Waals surface area contributed by atoms with Crippen LogP contribution >= 0.6 is 11.6 Å². The second-order valence-corrected chi connectivity index (χ2v) is 16.4. The topological polar surface area (TPSA) is 189 Å². The highest BCUT2D eigenvalue weighted by atomic mass is 35.5. The average Bonchev–Trinajstić information content (AvgIpc) is 4.02. The van der Waals surface area contributed by atoms with Crippen molar-refractivity contribution in [2.24, 2.45) is 11.1 Å². The third-order valence-corrected chi connectivity index (χ3v) is 12.1. The van der Waals surface area contributed by atoms with Crippen LogP contribution in [0, 0.1) is 22.9 Å². The molecule has 2 saturated heterocycles. The van der Waals surface area contributed by atoms with Crippen molar-refractivity contribution in [1.29, 1.82) is 0 Å². The molecular weight excluding hydrogens is 762 g/mol. The van der Waals surface area contributed by atoms with Crippen LogP contribution < -0.4 is 37.4 Å². The van der Waals surface area contributed by atoms with Gasteiger partial charge in [-0.2, -0.15) is 0 Å². The molecule has 3 saturated carbocycles. The molecule has 5 fully saturated rings. The number of nitrogen functional groups attached to an aromatic ring is 1. The van der Waals surface area contributed by atoms with Gasteiger partial charge in [0.2, 0.25) is 10.9 Å². The Balaban J connectivity index is 0.000000157. The molecule has 0 radical (unpaired) electrons. The van der Waals surface area contributed by atoms with Crippen molar-refractivity contribution in [3.8, 4) is 0 Å². The molecule has 2 aromatic heterocycles. The number of carbonyl (C=O) groups is 2. The summed E-state index contributed by atoms with van der Waals surface area (Å²) in [7, 11) is 0. The van der Waals surface area contributed by atoms with Crippen molar-refractivity contribution >= 4 is 62.4 Å². The molecule has 1 spiro atoms. The number of pyridine rings is 2. The third kappa shape index (κ3) is 6.14. The summed E-state index contributed by atoms with van der Waals surface area (Å²) in [6.07, 6.45) is 4.71. The number of nitrogens with zero attached hydrogens (tertiary/aromatic N) is 4. The van der Waals surface area contributed by atoms with Crippen LogP contribution in [0.5, 0.6) is 0 Å². The number of aromatic nitrogens is 2. The summed E-state index contributed by atoms with van der Waals surface area (Å²) in [6, 6.07) is 0.204. The number of nitrogens with two attached hydrogens (primary N) is 2. The maximum atomic E-state index is 15.6. The van der Waals surface area contributed by atoms with Crippen LogP contribution in [0.4, 0.5) is 34.6 Å². The molecule has 2 aromatic carbocycles. The number of halogens is 5. The molecular formula is C38H40ClF4N7O6. The smallest absolute Gasteiger partial charge is 0.341 e. The Morgan fingerprint density at radius 2 is 1.48 bits per heavy atom. The van der Waals surface area contributed by atoms with Crippen LogP contribution in [-0.2, 0) is 0 Å². The quantitative estimate of drug-likeness (QED) is 0.133. The number of rotatable bonds is 6. The molecule has 4 heterocycles. The standard InChI is InChI=1S/C19H18ClF2N3O3.C19H22F2N4O3/c20-14-15-8(17(26)9(18(27)28)5-25(15)12-4-10(12)21)3-11(22)16(14)24-6-13(23)19(7-24)1-2-19;1-8-5-24(6-9(2)23-8)17-13(20)15(22)12-16(14(17)21)25(10-3-4-10)7-11(18(12)26)19(27)28/h3,5,10,12-13H,1-2,4,6-7,23H2,(H,27,28);7-10,23H,3-6,22H2,1-2H3,(H,27,28)/t10-,12+,13+;8-,9+/m0./s1. The number of hydrogen-bond acceptors (Lipinski definition) is 9. The Labute approximate surface area is 321 Å². The van der Waals surface area contributed by atoms with Gasteiger partial charge in [-0.3, -0.25) is 9.59 Å². The Kier molecular flexibility index (Phi) is 9.08. The maximum Gasteiger partial charge on any atom is 0.341 e. The Morgan fingerprint density at radius 3 is 2.02 bits per heavy atom. The predicted octanol–water partition coefficient (Wildman–Crippen LogP) is 4.78. The van der Waals surface area contributed by atoms with Crippen molar-refractivity contribution in [3.05, 3.63) is 72.5 Å². The summed E-state index contributed by atoms with van der Waals surface area (Å²) in [5, 5.41) is 21.4. The second kappa shape index (κ2) is 13.4. The fraction of sp³-hybridized carbons (Fsp3) is 0.474. The van der Waals surface area contributed by atoms with Crippen molar-refractivity contribution in [1.82, 2.24) is 14.5 Å². The van der Waals surface area contributed by atoms with E-state index in [0.29, 0.717) is 26.2 Å². The van der Waals surface area contributed by atoms with E-state index in [0.717, 1.165) is 44.1 Å². The molecule has 5 atom stereocenters. The largest absolute Gasteiger partial charge is 0.477 e. The highest BCUT2D eigenvalue weighted by Crippen LogP contribution is 2.54. The zero-order valence-corrected chi connectivity index (χ0v) is 31.2. The van der Waals surface area contributed by atoms with Gasteiger partial charge in [0.25, 0.3) is 0 Å². The number of carboxylic acids is 2. The van der Waals surface area contributed by atoms with Crippen LogP contribution in [0.25, 0.3) is 21.8 Å². The van der Waals surface area contributed by atoms with E-state index in [1.807, 2.05) is 13.8 Å². The minimum atomic E-state index is -1.45. The highest BCUT2D eigenvalue weighted by molar-refractivity contribution is 6.38. The summed E-state index contributed by atoms with van der Waals surface area (Å²) in [5.41, 5.74) is 8.68. The molecule has 18 heteroatoms. The van der Waals surface area contributed by atoms with E-state index in [2.05, 4.69) is 5.32 Å². The fourth-order valence-electron chi connectivity index (χ4n) is 8.56. The van der Waals surface area contributed by atoms with E-state index in [1.165, 1.54) is 9.13 Å². The normalized spacial score (nSPS) is 25.1. The lowest BCUT2D eigenvalue weighted by molar-refractivity contribution is 0.0684. The van der Waals surface area contributed by atoms with Gasteiger partial charge in [0.05, 0.1) is 44.2 Å². The van der Waals surface area contributed by atoms with Gasteiger partial charge >= 0.3 is 11.9 Å². The predicted molar refractivity (Wildman–Crippen MR) is 203 cm³/mol. The molecule has 2 aliphatic heterocycles. The third-order valence-electron chi connectivity index (χ3n) is 11.8. The zero-order valence-electron chi connectivity index (χ0n) is 30.4. The number of hydrogen-bond donors (Lipinski definition) is 5. The van der Waals surface area contributed by atoms with Crippen LogP contribution in [0.15, 0.2) is 28.0 Å². The number of alkyl halides is 1. The van der Waals surface area contributed by atoms with E-state index in [4.69, 9.17) is 23.1 Å². The number of nitrogens with one attached hydrogen (secondary N) is 1. The van der Waals surface area contributed by atoms with Crippen LogP contribution in [-0.4, -0.2) is 81.8 Å². The summed E-state index contributed by atoms with van der Waals surface area (Å²) >= 11 is 6.56. The van der Waals surface area contributed by atoms with E-state index in [1.54, 1.807) is 9.80 Å². The van der Waals surface area contributed by atoms with Gasteiger partial charge in [0.15, 0.2) is 11.6 Å². The molecule has 3 aliphatic carbocycles. The molecule has 9 rings (SSSR count). The number of anilines is 3. The van der Waals surface area contributed by atoms with E-state index in [9.17, 15) is 33.8 Å². The van der Waals surface area contributed by atoms with Crippen molar-refractivity contribution in [2.45, 2.75) is 82.3 Å². The molecule has 298 valence electrons. The Bertz CT molecular complexity index is 2480. The van der Waals surface area contributed by atoms with Gasteiger partial charge in [-0.25, -0.2) is 27.2 Å². The second-order valence-electron chi connectivity index (χ2n) is 16.0. The lowest BCUT2D eigenvalue weighted by Crippen LogP contribution is -2.54. The van der Waals surface area contributed by atoms with Gasteiger partial charge < -0.3 is 45.9 Å². The van der Waals surface area contributed by atoms with E-state index < -0.39 is 74.7 Å². The first-order valence-corrected chi connectivity index (χ1v) is 18.9. The SMILES string of the molecule is C[C@@H]1CN(c2c(F)c(N)c3c(=O)c(C(=O)O)cn(C4CC4)c3c2F)C[C@H](C)N1.N[C@@H]1CN(c2c(F)cc3c(=O)c(C(=O)O)cn([C@@H]4C[C@@H]4F)c3c2Cl)CC12CC2. The Morgan fingerprint density at radius 1 is 0.893 bits per heavy atom. The van der Waals surface area contributed by atoms with Crippen LogP contribution in [0.2, 0.25) is 5.02 Å². The van der Waals surface area contributed by atoms with E-state index in [-0.39, 0.29) is 68.8 Å². The summed E-state index contributed by atoms with van der Waals surface area (Å²) in [6.45, 7) is 5.61. The average molecular weight is 802 g/mol. The summed E-state index contributed by atoms with van der Waals surface area (Å²) in [5.74, 6) is -5.49. The van der Waals surface area contributed by atoms with Crippen LogP contribution in [0.3, 0.4) is 0 Å². The molecule has 4 aromatic rings. The van der Waals surface area contributed by atoms with Gasteiger partial charge in [0.1, 0.15) is 28.8 Å². The zero-order chi connectivity index (χ0) is 40.3. The first-order valence-electron chi connectivity index (χ1n) is 18.5. The van der Waals surface area contributed by atoms with Gasteiger partial charge in [-0.1, -0.05) is 11.6 Å². The van der Waals surface area contributed by atoms with Gasteiger partial charge in [0, 0.05) is 74.6 Å². The number of aromatic carboxylic acids is 2. The van der Waals surface area contributed by atoms with Crippen LogP contribution in [0.1, 0.15) is 78.8 Å². The van der Waals surface area contributed by atoms with Crippen molar-refractivity contribution < 1.29 is 37.4 Å². The fourth-order valence-corrected chi connectivity index (χ4v) is 8.97. The minimum Gasteiger partial charge on any atom is -0.477 e. The van der Waals surface area contributed by atoms with Crippen molar-refractivity contribution in [3.63, 3.8) is 0 Å². The van der Waals surface area contributed by atoms with E-state index >= 15 is 13.2 Å². The molecule has 5 aliphatic rings. The molecule has 56 heavy (non-hydrogen) atoms. The number of piperazine rings is 1. The molecule has 7 N–H and O–H groups in total. The summed E-state index contributed by atoms with van der Waals surface area (Å²) in [4.78, 5) is 51.6. The lowest BCUT2D eigenvalue weighted by atomic mass is 10.0. The molecule has 0 amide bonds. The molecule has 0 bridgehead atoms. The number of benzene rings is 2. The van der Waals surface area contributed by atoms with Crippen molar-refractivity contribution in [2.75, 3.05) is 41.7 Å². The van der Waals surface area contributed by atoms with Gasteiger partial charge in [-0.15, -0.1) is 0 Å². The highest BCUT2D eigenvalue weighted by Gasteiger charge is 2.54.